The van der Waals surface area contributed by atoms with Gasteiger partial charge in [0.2, 0.25) is 0 Å². The Hall–Kier alpha value is -7.48. The van der Waals surface area contributed by atoms with Crippen LogP contribution < -0.4 is 0 Å². The van der Waals surface area contributed by atoms with Crippen LogP contribution in [0.4, 0.5) is 0 Å². The van der Waals surface area contributed by atoms with Crippen molar-refractivity contribution in [2.75, 3.05) is 0 Å². The van der Waals surface area contributed by atoms with Gasteiger partial charge in [0.15, 0.2) is 0 Å². The Bertz CT molecular complexity index is 3490. The molecule has 0 fully saturated rings. The number of aromatic nitrogens is 6. The lowest BCUT2D eigenvalue weighted by Crippen LogP contribution is -1.95. The van der Waals surface area contributed by atoms with E-state index in [4.69, 9.17) is 9.97 Å². The summed E-state index contributed by atoms with van der Waals surface area (Å²) in [7, 11) is 0. The van der Waals surface area contributed by atoms with Crippen molar-refractivity contribution in [2.24, 2.45) is 0 Å². The molecule has 12 rings (SSSR count). The van der Waals surface area contributed by atoms with Crippen LogP contribution in [-0.4, -0.2) is 29.1 Å². The van der Waals surface area contributed by atoms with E-state index in [1.165, 1.54) is 65.2 Å². The van der Waals surface area contributed by atoms with Gasteiger partial charge in [-0.2, -0.15) is 0 Å². The maximum absolute atomic E-state index is 4.73. The van der Waals surface area contributed by atoms with Crippen molar-refractivity contribution in [3.63, 3.8) is 0 Å². The molecule has 60 heavy (non-hydrogen) atoms. The van der Waals surface area contributed by atoms with Crippen LogP contribution in [0.25, 0.3) is 99.0 Å². The van der Waals surface area contributed by atoms with Gasteiger partial charge in [-0.05, 0) is 106 Å². The van der Waals surface area contributed by atoms with Crippen molar-refractivity contribution < 1.29 is 0 Å². The first-order chi connectivity index (χ1) is 29.2. The van der Waals surface area contributed by atoms with Crippen LogP contribution >= 0.6 is 15.9 Å². The molecule has 286 valence electrons. The molecule has 6 aromatic carbocycles. The molecular formula is C53H37BrN6. The van der Waals surface area contributed by atoms with Crippen LogP contribution in [0.1, 0.15) is 7.43 Å². The number of benzene rings is 6. The monoisotopic (exact) mass is 836 g/mol. The molecule has 0 saturated carbocycles. The van der Waals surface area contributed by atoms with Crippen molar-refractivity contribution >= 4 is 81.1 Å². The number of nitrogens with zero attached hydrogens (tertiary/aromatic N) is 6. The number of halogens is 1. The van der Waals surface area contributed by atoms with Crippen LogP contribution in [0, 0.1) is 0 Å². The zero-order valence-electron chi connectivity index (χ0n) is 31.6. The van der Waals surface area contributed by atoms with E-state index in [9.17, 15) is 0 Å². The maximum Gasteiger partial charge on any atom is 0.0719 e. The minimum absolute atomic E-state index is 0. The van der Waals surface area contributed by atoms with Crippen LogP contribution in [0.2, 0.25) is 0 Å². The Kier molecular flexibility index (Phi) is 9.43. The second-order valence-electron chi connectivity index (χ2n) is 14.5. The fourth-order valence-electron chi connectivity index (χ4n) is 8.47. The smallest absolute Gasteiger partial charge is 0.0719 e. The van der Waals surface area contributed by atoms with Crippen LogP contribution in [-0.2, 0) is 0 Å². The Morgan fingerprint density at radius 1 is 0.383 bits per heavy atom. The maximum atomic E-state index is 4.73. The van der Waals surface area contributed by atoms with E-state index < -0.39 is 0 Å². The molecule has 0 unspecified atom stereocenters. The van der Waals surface area contributed by atoms with Gasteiger partial charge in [0.1, 0.15) is 0 Å². The highest BCUT2D eigenvalue weighted by molar-refractivity contribution is 9.10. The van der Waals surface area contributed by atoms with Crippen LogP contribution in [0.3, 0.4) is 0 Å². The van der Waals surface area contributed by atoms with Gasteiger partial charge in [-0.1, -0.05) is 102 Å². The third-order valence-corrected chi connectivity index (χ3v) is 11.6. The van der Waals surface area contributed by atoms with Crippen LogP contribution in [0.5, 0.6) is 0 Å². The molecule has 0 aliphatic carbocycles. The molecule has 0 atom stereocenters. The highest BCUT2D eigenvalue weighted by atomic mass is 79.9. The molecule has 0 aliphatic rings. The van der Waals surface area contributed by atoms with Crippen LogP contribution in [0.15, 0.2) is 205 Å². The Labute approximate surface area is 355 Å². The quantitative estimate of drug-likeness (QED) is 0.177. The highest BCUT2D eigenvalue weighted by Gasteiger charge is 2.17. The Morgan fingerprint density at radius 3 is 1.38 bits per heavy atom. The Morgan fingerprint density at radius 2 is 0.867 bits per heavy atom. The molecule has 12 aromatic rings. The molecule has 6 aromatic heterocycles. The van der Waals surface area contributed by atoms with Crippen molar-refractivity contribution in [3.8, 4) is 33.9 Å². The molecule has 0 bridgehead atoms. The van der Waals surface area contributed by atoms with Crippen molar-refractivity contribution in [1.82, 2.24) is 29.1 Å². The third kappa shape index (κ3) is 6.27. The standard InChI is InChI=1S/C26H16BrN3.C26H17N3.CH4/c27-19-8-12-24-22(14-19)26-21-6-2-1-4-17(21)7-11-25(26)30(24)20-9-10-23(29-16-20)18-5-3-13-28-15-18;1-2-8-21-18(6-1)11-14-25-26(21)22-9-3-4-10-24(22)29(25)20-12-13-23(28-17-20)19-7-5-15-27-16-19;/h1-16H;1-17H;1H4. The minimum Gasteiger partial charge on any atom is -0.308 e. The first kappa shape index (κ1) is 36.8. The summed E-state index contributed by atoms with van der Waals surface area (Å²) in [5.74, 6) is 0. The first-order valence-corrected chi connectivity index (χ1v) is 20.2. The zero-order valence-corrected chi connectivity index (χ0v) is 33.2. The molecular weight excluding hydrogens is 801 g/mol. The molecule has 0 radical (unpaired) electrons. The van der Waals surface area contributed by atoms with Gasteiger partial charge in [-0.15, -0.1) is 0 Å². The zero-order chi connectivity index (χ0) is 39.3. The molecule has 6 heterocycles. The topological polar surface area (TPSA) is 61.4 Å². The lowest BCUT2D eigenvalue weighted by Gasteiger charge is -2.09. The van der Waals surface area contributed by atoms with E-state index in [1.54, 1.807) is 12.4 Å². The molecule has 6 nitrogen and oxygen atoms in total. The SMILES string of the molecule is Brc1ccc2c(c1)c1c3ccccc3ccc1n2-c1ccc(-c2cccnc2)nc1.C.c1cncc(-c2ccc(-n3c4ccccc4c4c5ccccc5ccc43)cn2)c1. The first-order valence-electron chi connectivity index (χ1n) is 19.5. The van der Waals surface area contributed by atoms with Gasteiger partial charge in [0.05, 0.1) is 57.2 Å². The van der Waals surface area contributed by atoms with Gasteiger partial charge in [0, 0.05) is 61.9 Å². The second kappa shape index (κ2) is 15.4. The van der Waals surface area contributed by atoms with E-state index >= 15 is 0 Å². The van der Waals surface area contributed by atoms with Gasteiger partial charge >= 0.3 is 0 Å². The number of rotatable bonds is 4. The Balaban J connectivity index is 0.000000142. The number of hydrogen-bond acceptors (Lipinski definition) is 4. The minimum atomic E-state index is 0. The van der Waals surface area contributed by atoms with Gasteiger partial charge in [-0.3, -0.25) is 19.9 Å². The average Bonchev–Trinajstić information content (AvgIpc) is 3.83. The molecule has 0 aliphatic heterocycles. The average molecular weight is 838 g/mol. The molecule has 7 heteroatoms. The summed E-state index contributed by atoms with van der Waals surface area (Å²) in [6.45, 7) is 0. The summed E-state index contributed by atoms with van der Waals surface area (Å²) >= 11 is 3.66. The fraction of sp³-hybridized carbons (Fsp3) is 0.0189. The number of hydrogen-bond donors (Lipinski definition) is 0. The van der Waals surface area contributed by atoms with E-state index in [-0.39, 0.29) is 7.43 Å². The van der Waals surface area contributed by atoms with Crippen molar-refractivity contribution in [1.29, 1.82) is 0 Å². The molecule has 0 saturated heterocycles. The number of pyridine rings is 4. The summed E-state index contributed by atoms with van der Waals surface area (Å²) in [5.41, 5.74) is 10.7. The van der Waals surface area contributed by atoms with Gasteiger partial charge in [0.25, 0.3) is 0 Å². The second-order valence-corrected chi connectivity index (χ2v) is 15.4. The van der Waals surface area contributed by atoms with Crippen molar-refractivity contribution in [3.05, 3.63) is 205 Å². The fourth-order valence-corrected chi connectivity index (χ4v) is 8.83. The predicted octanol–water partition coefficient (Wildman–Crippen LogP) is 14.2. The van der Waals surface area contributed by atoms with Gasteiger partial charge < -0.3 is 9.13 Å². The summed E-state index contributed by atoms with van der Waals surface area (Å²) in [5, 5.41) is 10.1. The molecule has 0 amide bonds. The van der Waals surface area contributed by atoms with E-state index in [0.717, 1.165) is 38.4 Å². The summed E-state index contributed by atoms with van der Waals surface area (Å²) < 4.78 is 5.67. The largest absolute Gasteiger partial charge is 0.308 e. The van der Waals surface area contributed by atoms with E-state index in [0.29, 0.717) is 0 Å². The van der Waals surface area contributed by atoms with E-state index in [2.05, 4.69) is 175 Å². The lowest BCUT2D eigenvalue weighted by molar-refractivity contribution is 1.14. The normalized spacial score (nSPS) is 11.3. The van der Waals surface area contributed by atoms with Crippen molar-refractivity contribution in [2.45, 2.75) is 7.43 Å². The third-order valence-electron chi connectivity index (χ3n) is 11.1. The summed E-state index contributed by atoms with van der Waals surface area (Å²) in [4.78, 5) is 17.9. The molecule has 0 spiro atoms. The molecule has 0 N–H and O–H groups in total. The lowest BCUT2D eigenvalue weighted by atomic mass is 10.0. The summed E-state index contributed by atoms with van der Waals surface area (Å²) in [6, 6.07) is 57.3. The van der Waals surface area contributed by atoms with E-state index in [1.807, 2.05) is 49.1 Å². The number of fused-ring (bicyclic) bond motifs is 10. The van der Waals surface area contributed by atoms with Gasteiger partial charge in [-0.25, -0.2) is 0 Å². The summed E-state index contributed by atoms with van der Waals surface area (Å²) in [6.07, 6.45) is 11.1. The highest BCUT2D eigenvalue weighted by Crippen LogP contribution is 2.39. The number of para-hydroxylation sites is 1. The predicted molar refractivity (Wildman–Crippen MR) is 253 cm³/mol.